The van der Waals surface area contributed by atoms with Crippen LogP contribution in [0.15, 0.2) is 12.1 Å². The first-order valence-corrected chi connectivity index (χ1v) is 9.62. The van der Waals surface area contributed by atoms with E-state index in [2.05, 4.69) is 29.3 Å². The van der Waals surface area contributed by atoms with Gasteiger partial charge in [0.25, 0.3) is 0 Å². The zero-order valence-corrected chi connectivity index (χ0v) is 16.3. The number of benzene rings is 1. The lowest BCUT2D eigenvalue weighted by atomic mass is 9.85. The Morgan fingerprint density at radius 2 is 1.81 bits per heavy atom. The van der Waals surface area contributed by atoms with Crippen LogP contribution in [-0.4, -0.2) is 42.5 Å². The van der Waals surface area contributed by atoms with Crippen molar-refractivity contribution in [2.24, 2.45) is 5.92 Å². The molecule has 5 nitrogen and oxygen atoms in total. The minimum Gasteiger partial charge on any atom is -0.468 e. The van der Waals surface area contributed by atoms with E-state index in [1.807, 2.05) is 13.8 Å². The van der Waals surface area contributed by atoms with Crippen LogP contribution in [0.1, 0.15) is 48.8 Å². The lowest BCUT2D eigenvalue weighted by Gasteiger charge is -2.32. The summed E-state index contributed by atoms with van der Waals surface area (Å²) in [6.07, 6.45) is 5.41. The number of fused-ring (bicyclic) bond motifs is 1. The third-order valence-corrected chi connectivity index (χ3v) is 5.96. The molecule has 1 aliphatic heterocycles. The number of anilines is 1. The summed E-state index contributed by atoms with van der Waals surface area (Å²) in [5.74, 6) is 0.235. The minimum atomic E-state index is -0.293. The van der Waals surface area contributed by atoms with Crippen molar-refractivity contribution < 1.29 is 14.3 Å². The van der Waals surface area contributed by atoms with Gasteiger partial charge < -0.3 is 10.1 Å². The number of rotatable bonds is 4. The molecule has 0 aromatic heterocycles. The third-order valence-electron chi connectivity index (χ3n) is 5.96. The number of methoxy groups -OCH3 is 1. The number of hydrogen-bond donors (Lipinski definition) is 1. The normalized spacial score (nSPS) is 25.6. The Labute approximate surface area is 156 Å². The number of carbonyl (C=O) groups excluding carboxylic acids is 2. The van der Waals surface area contributed by atoms with Crippen LogP contribution in [0.25, 0.3) is 0 Å². The maximum Gasteiger partial charge on any atom is 0.323 e. The third kappa shape index (κ3) is 3.78. The van der Waals surface area contributed by atoms with Gasteiger partial charge in [0.1, 0.15) is 6.04 Å². The van der Waals surface area contributed by atoms with Crippen LogP contribution in [0.2, 0.25) is 0 Å². The van der Waals surface area contributed by atoms with E-state index in [4.69, 9.17) is 4.74 Å². The summed E-state index contributed by atoms with van der Waals surface area (Å²) in [5.41, 5.74) is 4.21. The fourth-order valence-corrected chi connectivity index (χ4v) is 4.87. The summed E-state index contributed by atoms with van der Waals surface area (Å²) in [6, 6.07) is 4.18. The summed E-state index contributed by atoms with van der Waals surface area (Å²) >= 11 is 0. The highest BCUT2D eigenvalue weighted by atomic mass is 16.5. The van der Waals surface area contributed by atoms with E-state index in [0.29, 0.717) is 12.0 Å². The van der Waals surface area contributed by atoms with E-state index in [9.17, 15) is 9.59 Å². The van der Waals surface area contributed by atoms with Crippen LogP contribution in [0, 0.1) is 26.7 Å². The standard InChI is InChI=1S/C21H30N2O3/c1-13-9-14(2)20(15(3)10-13)22-19(24)12-23-17-8-6-5-7-16(17)11-18(23)21(25)26-4/h9-10,16-18H,5-8,11-12H2,1-4H3,(H,22,24)/t16-,17-,18+/m1/s1. The average molecular weight is 358 g/mol. The van der Waals surface area contributed by atoms with E-state index >= 15 is 0 Å². The number of esters is 1. The van der Waals surface area contributed by atoms with Gasteiger partial charge >= 0.3 is 5.97 Å². The van der Waals surface area contributed by atoms with E-state index in [1.165, 1.54) is 25.5 Å². The lowest BCUT2D eigenvalue weighted by molar-refractivity contribution is -0.146. The highest BCUT2D eigenvalue weighted by molar-refractivity contribution is 5.94. The Morgan fingerprint density at radius 3 is 2.46 bits per heavy atom. The molecule has 3 atom stereocenters. The molecule has 0 radical (unpaired) electrons. The summed E-state index contributed by atoms with van der Waals surface area (Å²) in [5, 5.41) is 3.07. The molecule has 1 saturated carbocycles. The predicted molar refractivity (Wildman–Crippen MR) is 102 cm³/mol. The van der Waals surface area contributed by atoms with Crippen molar-refractivity contribution in [3.05, 3.63) is 28.8 Å². The molecule has 5 heteroatoms. The number of nitrogens with zero attached hydrogens (tertiary/aromatic N) is 1. The fraction of sp³-hybridized carbons (Fsp3) is 0.619. The molecule has 3 rings (SSSR count). The van der Waals surface area contributed by atoms with Gasteiger partial charge in [-0.3, -0.25) is 14.5 Å². The van der Waals surface area contributed by atoms with Crippen molar-refractivity contribution in [1.82, 2.24) is 4.90 Å². The Hall–Kier alpha value is -1.88. The number of aryl methyl sites for hydroxylation is 3. The van der Waals surface area contributed by atoms with Gasteiger partial charge in [0.15, 0.2) is 0 Å². The molecule has 142 valence electrons. The first-order chi connectivity index (χ1) is 12.4. The van der Waals surface area contributed by atoms with Crippen molar-refractivity contribution in [3.8, 4) is 0 Å². The van der Waals surface area contributed by atoms with Crippen molar-refractivity contribution in [2.75, 3.05) is 19.0 Å². The average Bonchev–Trinajstić information content (AvgIpc) is 2.96. The molecule has 2 fully saturated rings. The monoisotopic (exact) mass is 358 g/mol. The van der Waals surface area contributed by atoms with Crippen molar-refractivity contribution in [3.63, 3.8) is 0 Å². The van der Waals surface area contributed by atoms with Crippen LogP contribution in [0.5, 0.6) is 0 Å². The molecule has 0 unspecified atom stereocenters. The zero-order valence-electron chi connectivity index (χ0n) is 16.3. The van der Waals surface area contributed by atoms with Gasteiger partial charge in [-0.15, -0.1) is 0 Å². The van der Waals surface area contributed by atoms with Crippen LogP contribution in [0.4, 0.5) is 5.69 Å². The highest BCUT2D eigenvalue weighted by Gasteiger charge is 2.46. The van der Waals surface area contributed by atoms with Gasteiger partial charge in [0.05, 0.1) is 13.7 Å². The highest BCUT2D eigenvalue weighted by Crippen LogP contribution is 2.40. The Balaban J connectivity index is 1.75. The van der Waals surface area contributed by atoms with Crippen LogP contribution in [0.3, 0.4) is 0 Å². The summed E-state index contributed by atoms with van der Waals surface area (Å²) in [6.45, 7) is 6.33. The molecule has 2 aliphatic rings. The molecule has 1 heterocycles. The maximum atomic E-state index is 12.8. The second-order valence-corrected chi connectivity index (χ2v) is 7.88. The van der Waals surface area contributed by atoms with Crippen molar-refractivity contribution in [2.45, 2.75) is 65.0 Å². The number of nitrogens with one attached hydrogen (secondary N) is 1. The molecular weight excluding hydrogens is 328 g/mol. The topological polar surface area (TPSA) is 58.6 Å². The van der Waals surface area contributed by atoms with E-state index in [-0.39, 0.29) is 24.5 Å². The van der Waals surface area contributed by atoms with E-state index in [0.717, 1.165) is 36.1 Å². The van der Waals surface area contributed by atoms with E-state index < -0.39 is 0 Å². The Bertz CT molecular complexity index is 677. The molecular formula is C21H30N2O3. The molecule has 0 bridgehead atoms. The number of amides is 1. The van der Waals surface area contributed by atoms with Gasteiger partial charge in [0, 0.05) is 11.7 Å². The number of likely N-dealkylation sites (tertiary alicyclic amines) is 1. The van der Waals surface area contributed by atoms with Crippen LogP contribution in [-0.2, 0) is 14.3 Å². The molecule has 1 aromatic rings. The maximum absolute atomic E-state index is 12.8. The SMILES string of the molecule is COC(=O)[C@@H]1C[C@H]2CCCC[C@H]2N1CC(=O)Nc1c(C)cc(C)cc1C. The van der Waals surface area contributed by atoms with Gasteiger partial charge in [-0.25, -0.2) is 0 Å². The van der Waals surface area contributed by atoms with Crippen LogP contribution < -0.4 is 5.32 Å². The van der Waals surface area contributed by atoms with Gasteiger partial charge in [-0.1, -0.05) is 30.5 Å². The smallest absolute Gasteiger partial charge is 0.323 e. The fourth-order valence-electron chi connectivity index (χ4n) is 4.87. The number of ether oxygens (including phenoxy) is 1. The van der Waals surface area contributed by atoms with Gasteiger partial charge in [-0.05, 0) is 57.1 Å². The molecule has 1 amide bonds. The van der Waals surface area contributed by atoms with Crippen molar-refractivity contribution >= 4 is 17.6 Å². The molecule has 1 saturated heterocycles. The van der Waals surface area contributed by atoms with Gasteiger partial charge in [0.2, 0.25) is 5.91 Å². The quantitative estimate of drug-likeness (QED) is 0.839. The largest absolute Gasteiger partial charge is 0.468 e. The molecule has 1 N–H and O–H groups in total. The zero-order chi connectivity index (χ0) is 18.8. The second-order valence-electron chi connectivity index (χ2n) is 7.88. The summed E-state index contributed by atoms with van der Waals surface area (Å²) in [4.78, 5) is 27.1. The Kier molecular flexibility index (Phi) is 5.66. The van der Waals surface area contributed by atoms with Crippen LogP contribution >= 0.6 is 0 Å². The molecule has 1 aromatic carbocycles. The van der Waals surface area contributed by atoms with Crippen molar-refractivity contribution in [1.29, 1.82) is 0 Å². The molecule has 26 heavy (non-hydrogen) atoms. The minimum absolute atomic E-state index is 0.0554. The number of hydrogen-bond acceptors (Lipinski definition) is 4. The summed E-state index contributed by atoms with van der Waals surface area (Å²) < 4.78 is 5.01. The number of carbonyl (C=O) groups is 2. The summed E-state index contributed by atoms with van der Waals surface area (Å²) in [7, 11) is 1.43. The lowest BCUT2D eigenvalue weighted by Crippen LogP contribution is -2.46. The first-order valence-electron chi connectivity index (χ1n) is 9.62. The van der Waals surface area contributed by atoms with E-state index in [1.54, 1.807) is 0 Å². The first kappa shape index (κ1) is 18.9. The molecule has 0 spiro atoms. The Morgan fingerprint density at radius 1 is 1.15 bits per heavy atom. The molecule has 1 aliphatic carbocycles. The predicted octanol–water partition coefficient (Wildman–Crippen LogP) is 3.36. The van der Waals surface area contributed by atoms with Gasteiger partial charge in [-0.2, -0.15) is 0 Å². The second kappa shape index (κ2) is 7.78.